The van der Waals surface area contributed by atoms with E-state index in [1.807, 2.05) is 12.2 Å². The lowest BCUT2D eigenvalue weighted by Crippen LogP contribution is -2.24. The van der Waals surface area contributed by atoms with E-state index in [-0.39, 0.29) is 18.8 Å². The maximum atomic E-state index is 10.2. The molecule has 2 N–H and O–H groups in total. The number of nitrogens with one attached hydrogen (secondary N) is 1. The van der Waals surface area contributed by atoms with Crippen molar-refractivity contribution in [1.82, 2.24) is 10.2 Å². The van der Waals surface area contributed by atoms with E-state index in [0.717, 1.165) is 39.1 Å². The number of amides is 2. The molecule has 1 atom stereocenters. The maximum absolute atomic E-state index is 10.2. The summed E-state index contributed by atoms with van der Waals surface area (Å²) in [5.74, 6) is -0.988. The highest BCUT2D eigenvalue weighted by Crippen LogP contribution is 1.98. The standard InChI is InChI=1S/C10H21N3.C4H5NO3.ClH/c1-4-11-10-12-8-7-9-13(5-2)6-3;6-2-1-3(7)5-4(2)8;/h4-9H2,1-3H3;2,6H,1H2,(H,5,7,8);1H. The lowest BCUT2D eigenvalue weighted by Gasteiger charge is -2.16. The summed E-state index contributed by atoms with van der Waals surface area (Å²) in [4.78, 5) is 30.7. The van der Waals surface area contributed by atoms with Crippen LogP contribution in [-0.2, 0) is 9.59 Å². The van der Waals surface area contributed by atoms with Gasteiger partial charge in [0.2, 0.25) is 5.91 Å². The van der Waals surface area contributed by atoms with Gasteiger partial charge in [-0.25, -0.2) is 9.98 Å². The van der Waals surface area contributed by atoms with E-state index < -0.39 is 17.9 Å². The van der Waals surface area contributed by atoms with E-state index in [9.17, 15) is 9.59 Å². The SMILES string of the molecule is CCN=C=NCCCN(CC)CC.Cl.O=C1CC(O)C(=O)N1. The second kappa shape index (κ2) is 14.7. The molecule has 7 nitrogen and oxygen atoms in total. The number of aliphatic hydroxyl groups is 1. The van der Waals surface area contributed by atoms with Crippen molar-refractivity contribution in [2.24, 2.45) is 9.98 Å². The van der Waals surface area contributed by atoms with E-state index in [1.165, 1.54) is 0 Å². The molecule has 1 aliphatic rings. The smallest absolute Gasteiger partial charge is 0.255 e. The summed E-state index contributed by atoms with van der Waals surface area (Å²) in [6, 6.07) is 2.68. The molecule has 1 saturated heterocycles. The molecule has 22 heavy (non-hydrogen) atoms. The summed E-state index contributed by atoms with van der Waals surface area (Å²) in [5, 5.41) is 10.5. The third-order valence-electron chi connectivity index (χ3n) is 2.88. The number of hydrogen-bond donors (Lipinski definition) is 2. The molecule has 0 aromatic carbocycles. The van der Waals surface area contributed by atoms with Crippen molar-refractivity contribution in [3.05, 3.63) is 0 Å². The van der Waals surface area contributed by atoms with E-state index in [0.29, 0.717) is 0 Å². The Labute approximate surface area is 138 Å². The van der Waals surface area contributed by atoms with Crippen LogP contribution in [0.1, 0.15) is 33.6 Å². The van der Waals surface area contributed by atoms with E-state index in [2.05, 4.69) is 34.7 Å². The van der Waals surface area contributed by atoms with Gasteiger partial charge < -0.3 is 10.0 Å². The molecule has 0 saturated carbocycles. The first kappa shape index (κ1) is 23.0. The van der Waals surface area contributed by atoms with Gasteiger partial charge in [-0.15, -0.1) is 12.4 Å². The molecule has 0 bridgehead atoms. The first-order valence-electron chi connectivity index (χ1n) is 7.37. The number of imide groups is 1. The summed E-state index contributed by atoms with van der Waals surface area (Å²) in [5.41, 5.74) is 0. The molecule has 0 aliphatic carbocycles. The van der Waals surface area contributed by atoms with E-state index in [1.54, 1.807) is 0 Å². The highest BCUT2D eigenvalue weighted by Gasteiger charge is 2.27. The number of rotatable bonds is 7. The van der Waals surface area contributed by atoms with Crippen molar-refractivity contribution in [3.8, 4) is 0 Å². The molecule has 1 rings (SSSR count). The molecule has 8 heteroatoms. The zero-order valence-electron chi connectivity index (χ0n) is 13.5. The fourth-order valence-corrected chi connectivity index (χ4v) is 1.62. The number of aliphatic imine (C=N–C) groups is 2. The molecular weight excluding hydrogens is 308 g/mol. The minimum atomic E-state index is -1.11. The molecule has 1 heterocycles. The van der Waals surface area contributed by atoms with Crippen LogP contribution in [0.5, 0.6) is 0 Å². The Morgan fingerprint density at radius 3 is 2.27 bits per heavy atom. The van der Waals surface area contributed by atoms with Crippen LogP contribution in [0.3, 0.4) is 0 Å². The minimum Gasteiger partial charge on any atom is -0.383 e. The predicted molar refractivity (Wildman–Crippen MR) is 88.7 cm³/mol. The number of hydrogen-bond acceptors (Lipinski definition) is 6. The third-order valence-corrected chi connectivity index (χ3v) is 2.88. The molecule has 0 aromatic heterocycles. The monoisotopic (exact) mass is 334 g/mol. The Kier molecular flexibility index (Phi) is 15.3. The van der Waals surface area contributed by atoms with Crippen molar-refractivity contribution in [2.45, 2.75) is 39.7 Å². The van der Waals surface area contributed by atoms with Gasteiger partial charge in [0.1, 0.15) is 6.10 Å². The Balaban J connectivity index is 0. The molecule has 1 unspecified atom stereocenters. The van der Waals surface area contributed by atoms with Crippen molar-refractivity contribution < 1.29 is 14.7 Å². The largest absolute Gasteiger partial charge is 0.383 e. The molecule has 0 spiro atoms. The van der Waals surface area contributed by atoms with Crippen LogP contribution in [-0.4, -0.2) is 66.7 Å². The fourth-order valence-electron chi connectivity index (χ4n) is 1.62. The average molecular weight is 335 g/mol. The number of nitrogens with zero attached hydrogens (tertiary/aromatic N) is 3. The molecule has 128 valence electrons. The first-order valence-corrected chi connectivity index (χ1v) is 7.37. The van der Waals surface area contributed by atoms with Crippen molar-refractivity contribution >= 4 is 30.2 Å². The summed E-state index contributed by atoms with van der Waals surface area (Å²) in [6.07, 6.45) is -0.0882. The second-order valence-corrected chi connectivity index (χ2v) is 4.47. The summed E-state index contributed by atoms with van der Waals surface area (Å²) < 4.78 is 0. The van der Waals surface area contributed by atoms with Gasteiger partial charge in [0.05, 0.1) is 19.0 Å². The molecule has 0 aromatic rings. The minimum absolute atomic E-state index is 0. The Morgan fingerprint density at radius 1 is 1.27 bits per heavy atom. The Bertz CT molecular complexity index is 380. The highest BCUT2D eigenvalue weighted by molar-refractivity contribution is 6.04. The summed E-state index contributed by atoms with van der Waals surface area (Å²) in [7, 11) is 0. The van der Waals surface area contributed by atoms with E-state index in [4.69, 9.17) is 5.11 Å². The van der Waals surface area contributed by atoms with Gasteiger partial charge in [-0.05, 0) is 33.0 Å². The molecule has 1 aliphatic heterocycles. The molecular formula is C14H27ClN4O3. The first-order chi connectivity index (χ1) is 10.0. The molecule has 2 amide bonds. The van der Waals surface area contributed by atoms with Crippen molar-refractivity contribution in [3.63, 3.8) is 0 Å². The predicted octanol–water partition coefficient (Wildman–Crippen LogP) is 0.728. The quantitative estimate of drug-likeness (QED) is 0.407. The van der Waals surface area contributed by atoms with Crippen LogP contribution in [0.2, 0.25) is 0 Å². The van der Waals surface area contributed by atoms with Gasteiger partial charge in [-0.2, -0.15) is 0 Å². The van der Waals surface area contributed by atoms with Gasteiger partial charge in [0.15, 0.2) is 0 Å². The Hall–Kier alpha value is -1.27. The van der Waals surface area contributed by atoms with Crippen molar-refractivity contribution in [1.29, 1.82) is 0 Å². The molecule has 0 radical (unpaired) electrons. The van der Waals surface area contributed by atoms with Gasteiger partial charge in [0.25, 0.3) is 5.91 Å². The van der Waals surface area contributed by atoms with Crippen LogP contribution < -0.4 is 5.32 Å². The van der Waals surface area contributed by atoms with Crippen molar-refractivity contribution in [2.75, 3.05) is 32.7 Å². The zero-order chi connectivity index (χ0) is 16.1. The van der Waals surface area contributed by atoms with Crippen LogP contribution in [0.4, 0.5) is 0 Å². The number of carbonyl (C=O) groups excluding carboxylic acids is 2. The summed E-state index contributed by atoms with van der Waals surface area (Å²) in [6.45, 7) is 11.4. The van der Waals surface area contributed by atoms with Gasteiger partial charge >= 0.3 is 0 Å². The Morgan fingerprint density at radius 2 is 1.91 bits per heavy atom. The lowest BCUT2D eigenvalue weighted by molar-refractivity contribution is -0.127. The van der Waals surface area contributed by atoms with Gasteiger partial charge in [0, 0.05) is 6.54 Å². The third kappa shape index (κ3) is 11.4. The molecule has 1 fully saturated rings. The number of aliphatic hydroxyl groups excluding tert-OH is 1. The topological polar surface area (TPSA) is 94.4 Å². The van der Waals surface area contributed by atoms with Gasteiger partial charge in [-0.1, -0.05) is 13.8 Å². The zero-order valence-corrected chi connectivity index (χ0v) is 14.4. The number of halogens is 1. The second-order valence-electron chi connectivity index (χ2n) is 4.47. The van der Waals surface area contributed by atoms with Crippen LogP contribution >= 0.6 is 12.4 Å². The van der Waals surface area contributed by atoms with Crippen LogP contribution in [0.25, 0.3) is 0 Å². The van der Waals surface area contributed by atoms with E-state index >= 15 is 0 Å². The maximum Gasteiger partial charge on any atom is 0.255 e. The van der Waals surface area contributed by atoms with Gasteiger partial charge in [-0.3, -0.25) is 14.9 Å². The summed E-state index contributed by atoms with van der Waals surface area (Å²) >= 11 is 0. The van der Waals surface area contributed by atoms with Crippen LogP contribution in [0.15, 0.2) is 9.98 Å². The fraction of sp³-hybridized carbons (Fsp3) is 0.786. The average Bonchev–Trinajstić information content (AvgIpc) is 2.75. The van der Waals surface area contributed by atoms with Crippen LogP contribution in [0, 0.1) is 0 Å². The highest BCUT2D eigenvalue weighted by atomic mass is 35.5. The number of carbonyl (C=O) groups is 2. The lowest BCUT2D eigenvalue weighted by atomic mass is 10.3. The normalized spacial score (nSPS) is 16.1.